The van der Waals surface area contributed by atoms with Crippen molar-refractivity contribution >= 4 is 19.8 Å². The van der Waals surface area contributed by atoms with Gasteiger partial charge in [0.1, 0.15) is 19.8 Å². The van der Waals surface area contributed by atoms with Crippen LogP contribution in [0.1, 0.15) is 168 Å². The second-order valence-corrected chi connectivity index (χ2v) is 16.8. The lowest BCUT2D eigenvalue weighted by Gasteiger charge is -2.28. The number of unbranched alkanes of at least 4 members (excludes halogenated alkanes) is 19. The molecule has 0 amide bonds. The van der Waals surface area contributed by atoms with E-state index in [-0.39, 0.29) is 19.6 Å². The predicted octanol–water partition coefficient (Wildman–Crippen LogP) is 11.3. The summed E-state index contributed by atoms with van der Waals surface area (Å²) in [6.07, 6.45) is 42.0. The molecule has 0 aliphatic carbocycles. The Balaban J connectivity index is 4.54. The Labute approximate surface area is 331 Å². The number of phosphoric ester groups is 1. The molecule has 0 heterocycles. The fourth-order valence-corrected chi connectivity index (χ4v) is 6.27. The molecular formula is C44H80NO8P. The molecule has 0 spiro atoms. The summed E-state index contributed by atoms with van der Waals surface area (Å²) in [6, 6.07) is 0. The highest BCUT2D eigenvalue weighted by Gasteiger charge is 2.21. The number of carbonyl (C=O) groups excluding carboxylic acids is 2. The molecule has 0 aromatic heterocycles. The minimum absolute atomic E-state index is 0.0504. The molecule has 0 saturated carbocycles. The quantitative estimate of drug-likeness (QED) is 0.0116. The SMILES string of the molecule is CCCCCCCC/C=C/C/C=C/CCCCC(=O)O[C@H](COC(=O)/C=C/C=C/CCCCCCCCCCCCC)COP(=O)([O-])OCC[N+](C)(C)C. The Morgan fingerprint density at radius 3 is 1.67 bits per heavy atom. The van der Waals surface area contributed by atoms with Crippen LogP contribution in [-0.2, 0) is 32.7 Å². The first kappa shape index (κ1) is 52.0. The maximum Gasteiger partial charge on any atom is 0.330 e. The molecule has 0 aromatic rings. The Bertz CT molecular complexity index is 1070. The summed E-state index contributed by atoms with van der Waals surface area (Å²) < 4.78 is 33.6. The van der Waals surface area contributed by atoms with Crippen LogP contribution in [0.4, 0.5) is 0 Å². The van der Waals surface area contributed by atoms with Gasteiger partial charge in [-0.2, -0.15) is 0 Å². The van der Waals surface area contributed by atoms with Crippen molar-refractivity contribution in [2.24, 2.45) is 0 Å². The van der Waals surface area contributed by atoms with Crippen LogP contribution in [0.3, 0.4) is 0 Å². The van der Waals surface area contributed by atoms with E-state index in [1.807, 2.05) is 33.3 Å². The summed E-state index contributed by atoms with van der Waals surface area (Å²) in [5.41, 5.74) is 0. The van der Waals surface area contributed by atoms with Crippen LogP contribution in [0.5, 0.6) is 0 Å². The molecule has 0 N–H and O–H groups in total. The zero-order chi connectivity index (χ0) is 40.0. The zero-order valence-corrected chi connectivity index (χ0v) is 36.0. The fraction of sp³-hybridized carbons (Fsp3) is 0.773. The lowest BCUT2D eigenvalue weighted by molar-refractivity contribution is -0.870. The Morgan fingerprint density at radius 2 is 1.13 bits per heavy atom. The zero-order valence-electron chi connectivity index (χ0n) is 35.2. The Kier molecular flexibility index (Phi) is 35.2. The standard InChI is InChI=1S/C44H80NO8P/c1-6-8-10-12-14-16-18-20-22-24-26-28-30-32-34-36-43(46)50-40-42(41-52-54(48,49)51-39-38-45(3,4)5)53-44(47)37-35-33-31-29-27-25-23-21-19-17-15-13-11-9-7-2/h21,23,27,29-30,32,34,36,42H,6-20,22,24-26,28,31,33,35,37-41H2,1-5H3/b23-21+,29-27+,32-30+,36-34+/t42-/m1/s1. The van der Waals surface area contributed by atoms with Crippen molar-refractivity contribution in [3.8, 4) is 0 Å². The van der Waals surface area contributed by atoms with Crippen molar-refractivity contribution in [3.05, 3.63) is 48.6 Å². The average Bonchev–Trinajstić information content (AvgIpc) is 3.12. The first-order valence-electron chi connectivity index (χ1n) is 21.4. The van der Waals surface area contributed by atoms with Crippen LogP contribution < -0.4 is 4.89 Å². The number of likely N-dealkylation sites (N-methyl/N-ethyl adjacent to an activating group) is 1. The third kappa shape index (κ3) is 39.7. The van der Waals surface area contributed by atoms with Gasteiger partial charge in [0, 0.05) is 12.5 Å². The minimum atomic E-state index is -4.65. The number of ether oxygens (including phenoxy) is 2. The van der Waals surface area contributed by atoms with E-state index in [4.69, 9.17) is 18.5 Å². The average molecular weight is 782 g/mol. The van der Waals surface area contributed by atoms with Crippen molar-refractivity contribution in [1.29, 1.82) is 0 Å². The largest absolute Gasteiger partial charge is 0.756 e. The summed E-state index contributed by atoms with van der Waals surface area (Å²) in [4.78, 5) is 37.3. The molecule has 0 radical (unpaired) electrons. The molecule has 0 rings (SSSR count). The Morgan fingerprint density at radius 1 is 0.630 bits per heavy atom. The fourth-order valence-electron chi connectivity index (χ4n) is 5.54. The van der Waals surface area contributed by atoms with E-state index in [1.165, 1.54) is 109 Å². The van der Waals surface area contributed by atoms with Gasteiger partial charge in [-0.1, -0.05) is 153 Å². The third-order valence-electron chi connectivity index (χ3n) is 8.93. The first-order valence-corrected chi connectivity index (χ1v) is 22.8. The summed E-state index contributed by atoms with van der Waals surface area (Å²) in [5, 5.41) is 0. The molecular weight excluding hydrogens is 701 g/mol. The van der Waals surface area contributed by atoms with E-state index in [0.717, 1.165) is 38.5 Å². The van der Waals surface area contributed by atoms with Crippen LogP contribution in [0, 0.1) is 0 Å². The number of esters is 2. The third-order valence-corrected chi connectivity index (χ3v) is 9.89. The van der Waals surface area contributed by atoms with E-state index in [2.05, 4.69) is 38.2 Å². The monoisotopic (exact) mass is 782 g/mol. The van der Waals surface area contributed by atoms with E-state index in [1.54, 1.807) is 6.08 Å². The van der Waals surface area contributed by atoms with Crippen LogP contribution in [-0.4, -0.2) is 70.0 Å². The summed E-state index contributed by atoms with van der Waals surface area (Å²) in [7, 11) is 1.10. The molecule has 0 bridgehead atoms. The van der Waals surface area contributed by atoms with Crippen molar-refractivity contribution < 1.29 is 42.1 Å². The highest BCUT2D eigenvalue weighted by atomic mass is 31.2. The maximum absolute atomic E-state index is 12.6. The van der Waals surface area contributed by atoms with Crippen molar-refractivity contribution in [1.82, 2.24) is 0 Å². The molecule has 0 aliphatic rings. The van der Waals surface area contributed by atoms with Gasteiger partial charge in [-0.25, -0.2) is 4.79 Å². The number of phosphoric acid groups is 1. The number of rotatable bonds is 38. The number of allylic oxidation sites excluding steroid dienone is 7. The number of carbonyl (C=O) groups is 2. The molecule has 0 aliphatic heterocycles. The lowest BCUT2D eigenvalue weighted by atomic mass is 10.1. The van der Waals surface area contributed by atoms with Crippen molar-refractivity contribution in [2.75, 3.05) is 47.5 Å². The molecule has 2 atom stereocenters. The summed E-state index contributed by atoms with van der Waals surface area (Å²) >= 11 is 0. The maximum atomic E-state index is 12.6. The van der Waals surface area contributed by atoms with Crippen molar-refractivity contribution in [3.63, 3.8) is 0 Å². The number of hydrogen-bond donors (Lipinski definition) is 0. The number of quaternary nitrogens is 1. The van der Waals surface area contributed by atoms with Crippen LogP contribution >= 0.6 is 7.82 Å². The molecule has 314 valence electrons. The summed E-state index contributed by atoms with van der Waals surface area (Å²) in [5.74, 6) is -1.13. The molecule has 0 aromatic carbocycles. The topological polar surface area (TPSA) is 111 Å². The molecule has 9 nitrogen and oxygen atoms in total. The lowest BCUT2D eigenvalue weighted by Crippen LogP contribution is -2.37. The van der Waals surface area contributed by atoms with Crippen molar-refractivity contribution in [2.45, 2.75) is 174 Å². The van der Waals surface area contributed by atoms with Gasteiger partial charge in [-0.3, -0.25) is 9.36 Å². The van der Waals surface area contributed by atoms with Gasteiger partial charge in [-0.05, 0) is 51.4 Å². The van der Waals surface area contributed by atoms with Gasteiger partial charge in [-0.15, -0.1) is 0 Å². The molecule has 1 unspecified atom stereocenters. The second-order valence-electron chi connectivity index (χ2n) is 15.4. The van der Waals surface area contributed by atoms with Crippen LogP contribution in [0.25, 0.3) is 0 Å². The molecule has 0 fully saturated rings. The molecule has 0 saturated heterocycles. The van der Waals surface area contributed by atoms with Gasteiger partial charge in [0.05, 0.1) is 27.7 Å². The predicted molar refractivity (Wildman–Crippen MR) is 222 cm³/mol. The van der Waals surface area contributed by atoms with E-state index < -0.39 is 32.5 Å². The van der Waals surface area contributed by atoms with Crippen LogP contribution in [0.2, 0.25) is 0 Å². The van der Waals surface area contributed by atoms with Gasteiger partial charge in [0.15, 0.2) is 6.10 Å². The number of hydrogen-bond acceptors (Lipinski definition) is 8. The normalized spacial score (nSPS) is 14.1. The number of nitrogens with zero attached hydrogens (tertiary/aromatic N) is 1. The highest BCUT2D eigenvalue weighted by Crippen LogP contribution is 2.38. The highest BCUT2D eigenvalue weighted by molar-refractivity contribution is 7.45. The smallest absolute Gasteiger partial charge is 0.330 e. The Hall–Kier alpha value is -2.03. The van der Waals surface area contributed by atoms with E-state index in [0.29, 0.717) is 17.4 Å². The van der Waals surface area contributed by atoms with E-state index >= 15 is 0 Å². The second kappa shape index (κ2) is 36.6. The molecule has 54 heavy (non-hydrogen) atoms. The van der Waals surface area contributed by atoms with Gasteiger partial charge in [0.25, 0.3) is 7.82 Å². The van der Waals surface area contributed by atoms with E-state index in [9.17, 15) is 19.0 Å². The summed E-state index contributed by atoms with van der Waals surface area (Å²) in [6.45, 7) is 4.04. The first-order chi connectivity index (χ1) is 26.0. The van der Waals surface area contributed by atoms with Gasteiger partial charge in [0.2, 0.25) is 0 Å². The minimum Gasteiger partial charge on any atom is -0.756 e. The van der Waals surface area contributed by atoms with Gasteiger partial charge < -0.3 is 27.9 Å². The van der Waals surface area contributed by atoms with Gasteiger partial charge >= 0.3 is 11.9 Å². The van der Waals surface area contributed by atoms with Crippen LogP contribution in [0.15, 0.2) is 48.6 Å². The molecule has 10 heteroatoms.